The molecule has 1 aromatic rings. The normalized spacial score (nSPS) is 18.4. The maximum Gasteiger partial charge on any atom is 0.188 e. The summed E-state index contributed by atoms with van der Waals surface area (Å²) in [7, 11) is 0. The summed E-state index contributed by atoms with van der Waals surface area (Å²) in [6.07, 6.45) is 8.02. The summed E-state index contributed by atoms with van der Waals surface area (Å²) >= 11 is 0. The van der Waals surface area contributed by atoms with Crippen LogP contribution in [0.1, 0.15) is 45.2 Å². The van der Waals surface area contributed by atoms with Gasteiger partial charge in [0, 0.05) is 30.9 Å². The lowest BCUT2D eigenvalue weighted by Crippen LogP contribution is -2.43. The Morgan fingerprint density at radius 2 is 2.00 bits per heavy atom. The van der Waals surface area contributed by atoms with E-state index in [1.54, 1.807) is 0 Å². The molecule has 1 fully saturated rings. The molecule has 0 amide bonds. The number of hydrogen-bond acceptors (Lipinski definition) is 3. The van der Waals surface area contributed by atoms with Crippen LogP contribution in [0, 0.1) is 5.92 Å². The molecule has 1 unspecified atom stereocenters. The molecule has 0 bridgehead atoms. The highest BCUT2D eigenvalue weighted by Gasteiger charge is 2.22. The molecular formula is C19H33N5. The third-order valence-electron chi connectivity index (χ3n) is 4.74. The van der Waals surface area contributed by atoms with Crippen molar-refractivity contribution in [2.24, 2.45) is 16.6 Å². The van der Waals surface area contributed by atoms with E-state index in [-0.39, 0.29) is 0 Å². The molecule has 24 heavy (non-hydrogen) atoms. The van der Waals surface area contributed by atoms with E-state index in [4.69, 9.17) is 5.73 Å². The zero-order valence-corrected chi connectivity index (χ0v) is 15.2. The number of aromatic nitrogens is 1. The molecule has 0 radical (unpaired) electrons. The Hall–Kier alpha value is -1.62. The van der Waals surface area contributed by atoms with Gasteiger partial charge < -0.3 is 11.1 Å². The first-order valence-electron chi connectivity index (χ1n) is 9.34. The van der Waals surface area contributed by atoms with E-state index < -0.39 is 0 Å². The topological polar surface area (TPSA) is 66.5 Å². The molecule has 5 nitrogen and oxygen atoms in total. The number of nitrogens with one attached hydrogen (secondary N) is 1. The Labute approximate surface area is 146 Å². The van der Waals surface area contributed by atoms with Crippen LogP contribution in [-0.4, -0.2) is 48.1 Å². The molecule has 0 spiro atoms. The van der Waals surface area contributed by atoms with E-state index in [1.807, 2.05) is 24.4 Å². The van der Waals surface area contributed by atoms with Crippen LogP contribution in [0.5, 0.6) is 0 Å². The SMILES string of the molecule is CC(C)C(CN=C(N)NCCc1ccccn1)N1CCCCCC1. The van der Waals surface area contributed by atoms with Crippen molar-refractivity contribution in [2.45, 2.75) is 52.0 Å². The average Bonchev–Trinajstić information content (AvgIpc) is 2.85. The van der Waals surface area contributed by atoms with Crippen LogP contribution in [0.2, 0.25) is 0 Å². The van der Waals surface area contributed by atoms with Gasteiger partial charge in [0.2, 0.25) is 0 Å². The highest BCUT2D eigenvalue weighted by Crippen LogP contribution is 2.17. The van der Waals surface area contributed by atoms with E-state index in [9.17, 15) is 0 Å². The molecule has 1 saturated heterocycles. The van der Waals surface area contributed by atoms with Gasteiger partial charge in [-0.25, -0.2) is 0 Å². The molecule has 0 aromatic carbocycles. The highest BCUT2D eigenvalue weighted by molar-refractivity contribution is 5.77. The summed E-state index contributed by atoms with van der Waals surface area (Å²) in [4.78, 5) is 11.5. The fraction of sp³-hybridized carbons (Fsp3) is 0.684. The molecule has 1 aromatic heterocycles. The van der Waals surface area contributed by atoms with Crippen LogP contribution in [-0.2, 0) is 6.42 Å². The molecule has 2 heterocycles. The molecule has 3 N–H and O–H groups in total. The first-order valence-corrected chi connectivity index (χ1v) is 9.34. The zero-order valence-electron chi connectivity index (χ0n) is 15.2. The van der Waals surface area contributed by atoms with E-state index >= 15 is 0 Å². The number of guanidine groups is 1. The van der Waals surface area contributed by atoms with Gasteiger partial charge in [-0.2, -0.15) is 0 Å². The molecular weight excluding hydrogens is 298 g/mol. The van der Waals surface area contributed by atoms with Crippen molar-refractivity contribution in [3.8, 4) is 0 Å². The predicted molar refractivity (Wildman–Crippen MR) is 101 cm³/mol. The van der Waals surface area contributed by atoms with Gasteiger partial charge in [-0.15, -0.1) is 0 Å². The smallest absolute Gasteiger partial charge is 0.188 e. The van der Waals surface area contributed by atoms with Gasteiger partial charge >= 0.3 is 0 Å². The number of rotatable bonds is 7. The van der Waals surface area contributed by atoms with E-state index in [0.717, 1.165) is 25.2 Å². The van der Waals surface area contributed by atoms with Crippen molar-refractivity contribution in [1.29, 1.82) is 0 Å². The Morgan fingerprint density at radius 1 is 1.25 bits per heavy atom. The van der Waals surface area contributed by atoms with Gasteiger partial charge in [0.15, 0.2) is 5.96 Å². The second kappa shape index (κ2) is 10.3. The molecule has 5 heteroatoms. The molecule has 134 valence electrons. The maximum atomic E-state index is 6.05. The summed E-state index contributed by atoms with van der Waals surface area (Å²) in [5.74, 6) is 1.14. The molecule has 1 aliphatic heterocycles. The fourth-order valence-corrected chi connectivity index (χ4v) is 3.29. The van der Waals surface area contributed by atoms with Gasteiger partial charge in [-0.05, 0) is 44.0 Å². The fourth-order valence-electron chi connectivity index (χ4n) is 3.29. The first kappa shape index (κ1) is 18.7. The second-order valence-corrected chi connectivity index (χ2v) is 6.99. The number of hydrogen-bond donors (Lipinski definition) is 2. The van der Waals surface area contributed by atoms with Crippen LogP contribution in [0.4, 0.5) is 0 Å². The Balaban J connectivity index is 1.79. The van der Waals surface area contributed by atoms with Gasteiger partial charge in [0.1, 0.15) is 0 Å². The minimum atomic E-state index is 0.485. The lowest BCUT2D eigenvalue weighted by Gasteiger charge is -2.32. The summed E-state index contributed by atoms with van der Waals surface area (Å²) in [6.45, 7) is 8.52. The van der Waals surface area contributed by atoms with Crippen molar-refractivity contribution in [3.63, 3.8) is 0 Å². The van der Waals surface area contributed by atoms with Crippen LogP contribution >= 0.6 is 0 Å². The van der Waals surface area contributed by atoms with Crippen LogP contribution in [0.15, 0.2) is 29.4 Å². The summed E-state index contributed by atoms with van der Waals surface area (Å²) < 4.78 is 0. The number of pyridine rings is 1. The van der Waals surface area contributed by atoms with Gasteiger partial charge in [-0.1, -0.05) is 32.8 Å². The summed E-state index contributed by atoms with van der Waals surface area (Å²) in [5.41, 5.74) is 7.12. The number of nitrogens with zero attached hydrogens (tertiary/aromatic N) is 3. The van der Waals surface area contributed by atoms with Crippen LogP contribution < -0.4 is 11.1 Å². The minimum Gasteiger partial charge on any atom is -0.370 e. The van der Waals surface area contributed by atoms with Crippen molar-refractivity contribution in [3.05, 3.63) is 30.1 Å². The average molecular weight is 332 g/mol. The third-order valence-corrected chi connectivity index (χ3v) is 4.74. The molecule has 1 aliphatic rings. The lowest BCUT2D eigenvalue weighted by atomic mass is 10.0. The van der Waals surface area contributed by atoms with Crippen molar-refractivity contribution in [1.82, 2.24) is 15.2 Å². The van der Waals surface area contributed by atoms with Gasteiger partial charge in [-0.3, -0.25) is 14.9 Å². The summed E-state index contributed by atoms with van der Waals surface area (Å²) in [6, 6.07) is 6.46. The predicted octanol–water partition coefficient (Wildman–Crippen LogP) is 2.43. The highest BCUT2D eigenvalue weighted by atomic mass is 15.2. The Bertz CT molecular complexity index is 478. The molecule has 0 aliphatic carbocycles. The molecule has 1 atom stereocenters. The zero-order chi connectivity index (χ0) is 17.2. The standard InChI is InChI=1S/C19H33N5/c1-16(2)18(24-13-7-3-4-8-14-24)15-23-19(20)22-12-10-17-9-5-6-11-21-17/h5-6,9,11,16,18H,3-4,7-8,10,12-15H2,1-2H3,(H3,20,22,23). The molecule has 2 rings (SSSR count). The monoisotopic (exact) mass is 331 g/mol. The lowest BCUT2D eigenvalue weighted by molar-refractivity contribution is 0.166. The van der Waals surface area contributed by atoms with Gasteiger partial charge in [0.05, 0.1) is 6.54 Å². The van der Waals surface area contributed by atoms with E-state index in [2.05, 4.69) is 34.0 Å². The van der Waals surface area contributed by atoms with Crippen molar-refractivity contribution in [2.75, 3.05) is 26.2 Å². The number of likely N-dealkylation sites (tertiary alicyclic amines) is 1. The summed E-state index contributed by atoms with van der Waals surface area (Å²) in [5, 5.41) is 3.21. The third kappa shape index (κ3) is 6.48. The van der Waals surface area contributed by atoms with E-state index in [0.29, 0.717) is 17.9 Å². The molecule has 0 saturated carbocycles. The Kier molecular flexibility index (Phi) is 8.02. The largest absolute Gasteiger partial charge is 0.370 e. The van der Waals surface area contributed by atoms with Crippen LogP contribution in [0.3, 0.4) is 0 Å². The minimum absolute atomic E-state index is 0.485. The number of nitrogens with two attached hydrogens (primary N) is 1. The van der Waals surface area contributed by atoms with Crippen LogP contribution in [0.25, 0.3) is 0 Å². The van der Waals surface area contributed by atoms with Crippen molar-refractivity contribution < 1.29 is 0 Å². The first-order chi connectivity index (χ1) is 11.7. The van der Waals surface area contributed by atoms with Crippen molar-refractivity contribution >= 4 is 5.96 Å². The van der Waals surface area contributed by atoms with Gasteiger partial charge in [0.25, 0.3) is 0 Å². The van der Waals surface area contributed by atoms with E-state index in [1.165, 1.54) is 38.8 Å². The number of aliphatic imine (C=N–C) groups is 1. The Morgan fingerprint density at radius 3 is 2.62 bits per heavy atom. The second-order valence-electron chi connectivity index (χ2n) is 6.99. The maximum absolute atomic E-state index is 6.05. The quantitative estimate of drug-likeness (QED) is 0.595.